The van der Waals surface area contributed by atoms with Gasteiger partial charge in [0.1, 0.15) is 11.8 Å². The highest BCUT2D eigenvalue weighted by Crippen LogP contribution is 2.41. The molecule has 1 aliphatic rings. The summed E-state index contributed by atoms with van der Waals surface area (Å²) >= 11 is 6.29. The van der Waals surface area contributed by atoms with E-state index in [2.05, 4.69) is 0 Å². The van der Waals surface area contributed by atoms with E-state index in [1.165, 1.54) is 16.4 Å². The van der Waals surface area contributed by atoms with Crippen molar-refractivity contribution in [1.82, 2.24) is 4.31 Å². The van der Waals surface area contributed by atoms with Gasteiger partial charge in [0, 0.05) is 0 Å². The summed E-state index contributed by atoms with van der Waals surface area (Å²) in [6, 6.07) is 21.6. The molecule has 3 N–H and O–H groups in total. The minimum atomic E-state index is -3.83. The van der Waals surface area contributed by atoms with Crippen LogP contribution in [0.25, 0.3) is 0 Å². The molecule has 7 nitrogen and oxygen atoms in total. The van der Waals surface area contributed by atoms with Crippen molar-refractivity contribution in [2.45, 2.75) is 23.0 Å². The number of sulfonamides is 1. The van der Waals surface area contributed by atoms with Crippen LogP contribution in [0.15, 0.2) is 83.8 Å². The van der Waals surface area contributed by atoms with Crippen LogP contribution in [0.5, 0.6) is 5.75 Å². The maximum atomic E-state index is 13.3. The van der Waals surface area contributed by atoms with Crippen LogP contribution in [0.3, 0.4) is 0 Å². The third-order valence-corrected chi connectivity index (χ3v) is 7.71. The summed E-state index contributed by atoms with van der Waals surface area (Å²) in [5.74, 6) is -0.667. The van der Waals surface area contributed by atoms with Crippen LogP contribution in [-0.4, -0.2) is 42.9 Å². The smallest absolute Gasteiger partial charge is 0.320 e. The van der Waals surface area contributed by atoms with Gasteiger partial charge in [-0.05, 0) is 41.8 Å². The largest absolute Gasteiger partial charge is 0.480 e. The van der Waals surface area contributed by atoms with Crippen LogP contribution < -0.4 is 10.5 Å². The van der Waals surface area contributed by atoms with Crippen molar-refractivity contribution >= 4 is 27.6 Å². The number of para-hydroxylation sites is 1. The van der Waals surface area contributed by atoms with Crippen molar-refractivity contribution in [2.75, 3.05) is 13.1 Å². The molecule has 0 saturated carbocycles. The highest BCUT2D eigenvalue weighted by molar-refractivity contribution is 7.89. The number of benzene rings is 3. The Hall–Kier alpha value is -2.91. The molecule has 1 saturated heterocycles. The molecule has 0 amide bonds. The van der Waals surface area contributed by atoms with E-state index in [0.717, 1.165) is 5.56 Å². The Morgan fingerprint density at radius 3 is 2.39 bits per heavy atom. The van der Waals surface area contributed by atoms with Gasteiger partial charge in [0.25, 0.3) is 0 Å². The number of hydrogen-bond acceptors (Lipinski definition) is 5. The Bertz CT molecular complexity index is 1260. The summed E-state index contributed by atoms with van der Waals surface area (Å²) in [5, 5.41) is 9.48. The zero-order chi connectivity index (χ0) is 23.6. The topological polar surface area (TPSA) is 110 Å². The quantitative estimate of drug-likeness (QED) is 0.505. The molecule has 4 rings (SSSR count). The molecule has 1 heterocycles. The Kier molecular flexibility index (Phi) is 6.45. The van der Waals surface area contributed by atoms with Crippen molar-refractivity contribution in [3.05, 3.63) is 95.0 Å². The maximum Gasteiger partial charge on any atom is 0.320 e. The first kappa shape index (κ1) is 23.3. The molecule has 9 heteroatoms. The lowest BCUT2D eigenvalue weighted by Gasteiger charge is -2.49. The molecule has 0 bridgehead atoms. The molecule has 1 atom stereocenters. The summed E-state index contributed by atoms with van der Waals surface area (Å²) in [7, 11) is -3.83. The maximum absolute atomic E-state index is 13.3. The number of hydrogen-bond donors (Lipinski definition) is 2. The Balaban J connectivity index is 1.60. The number of carboxylic acid groups (broad SMARTS) is 1. The molecule has 0 aliphatic carbocycles. The van der Waals surface area contributed by atoms with Gasteiger partial charge in [0.05, 0.1) is 23.0 Å². The Morgan fingerprint density at radius 2 is 1.73 bits per heavy atom. The van der Waals surface area contributed by atoms with Crippen LogP contribution >= 0.6 is 11.6 Å². The average molecular weight is 487 g/mol. The highest BCUT2D eigenvalue weighted by atomic mass is 35.5. The first-order chi connectivity index (χ1) is 15.7. The summed E-state index contributed by atoms with van der Waals surface area (Å²) in [5.41, 5.74) is 6.10. The van der Waals surface area contributed by atoms with E-state index in [9.17, 15) is 13.2 Å². The van der Waals surface area contributed by atoms with Gasteiger partial charge in [0.15, 0.2) is 5.60 Å². The van der Waals surface area contributed by atoms with Crippen LogP contribution in [-0.2, 0) is 26.8 Å². The second-order valence-corrected chi connectivity index (χ2v) is 10.3. The van der Waals surface area contributed by atoms with E-state index >= 15 is 0 Å². The van der Waals surface area contributed by atoms with Crippen molar-refractivity contribution in [3.63, 3.8) is 0 Å². The number of carboxylic acids is 1. The molecule has 0 spiro atoms. The lowest BCUT2D eigenvalue weighted by atomic mass is 9.87. The van der Waals surface area contributed by atoms with Crippen molar-refractivity contribution in [3.8, 4) is 5.75 Å². The number of rotatable bonds is 8. The van der Waals surface area contributed by atoms with Crippen molar-refractivity contribution < 1.29 is 23.1 Å². The zero-order valence-corrected chi connectivity index (χ0v) is 19.2. The van der Waals surface area contributed by atoms with Crippen LogP contribution in [0.2, 0.25) is 5.02 Å². The Labute approximate surface area is 197 Å². The molecule has 0 radical (unpaired) electrons. The fourth-order valence-corrected chi connectivity index (χ4v) is 5.58. The molecular weight excluding hydrogens is 464 g/mol. The number of nitrogens with two attached hydrogens (primary N) is 1. The summed E-state index contributed by atoms with van der Waals surface area (Å²) in [4.78, 5) is 11.1. The number of halogens is 1. The van der Waals surface area contributed by atoms with Gasteiger partial charge in [0.2, 0.25) is 10.0 Å². The van der Waals surface area contributed by atoms with E-state index in [0.29, 0.717) is 16.3 Å². The number of carbonyl (C=O) groups is 1. The second kappa shape index (κ2) is 9.15. The van der Waals surface area contributed by atoms with E-state index in [-0.39, 0.29) is 24.4 Å². The first-order valence-corrected chi connectivity index (χ1v) is 12.1. The highest BCUT2D eigenvalue weighted by Gasteiger charge is 2.52. The van der Waals surface area contributed by atoms with Crippen LogP contribution in [0.4, 0.5) is 0 Å². The van der Waals surface area contributed by atoms with E-state index < -0.39 is 27.6 Å². The van der Waals surface area contributed by atoms with Gasteiger partial charge >= 0.3 is 5.97 Å². The standard InChI is InChI=1S/C24H23ClN2O5S/c25-20-11-4-5-12-22(20)32-24(18-8-2-1-3-9-18)15-27(16-24)33(30,31)19-10-6-7-17(13-19)14-21(26)23(28)29/h1-13,21H,14-16,26H2,(H,28,29)/t21-/m0/s1. The van der Waals surface area contributed by atoms with E-state index in [1.807, 2.05) is 30.3 Å². The van der Waals surface area contributed by atoms with Crippen molar-refractivity contribution in [2.24, 2.45) is 5.73 Å². The van der Waals surface area contributed by atoms with Gasteiger partial charge in [-0.25, -0.2) is 8.42 Å². The van der Waals surface area contributed by atoms with Gasteiger partial charge in [-0.15, -0.1) is 0 Å². The van der Waals surface area contributed by atoms with Gasteiger partial charge in [-0.2, -0.15) is 4.31 Å². The van der Waals surface area contributed by atoms with E-state index in [1.54, 1.807) is 36.4 Å². The number of ether oxygens (including phenoxy) is 1. The summed E-state index contributed by atoms with van der Waals surface area (Å²) in [6.07, 6.45) is 0.0300. The normalized spacial score (nSPS) is 16.5. The molecule has 1 fully saturated rings. The fourth-order valence-electron chi connectivity index (χ4n) is 3.80. The van der Waals surface area contributed by atoms with Gasteiger partial charge in [-0.1, -0.05) is 66.2 Å². The predicted molar refractivity (Wildman–Crippen MR) is 125 cm³/mol. The Morgan fingerprint density at radius 1 is 1.06 bits per heavy atom. The molecule has 172 valence electrons. The predicted octanol–water partition coefficient (Wildman–Crippen LogP) is 3.27. The lowest BCUT2D eigenvalue weighted by molar-refractivity contribution is -0.138. The third-order valence-electron chi connectivity index (χ3n) is 5.61. The summed E-state index contributed by atoms with van der Waals surface area (Å²) in [6.45, 7) is 0.201. The molecular formula is C24H23ClN2O5S. The minimum absolute atomic E-state index is 0.0300. The van der Waals surface area contributed by atoms with Gasteiger partial charge < -0.3 is 15.6 Å². The SMILES string of the molecule is N[C@@H](Cc1cccc(S(=O)(=O)N2CC(Oc3ccccc3Cl)(c3ccccc3)C2)c1)C(=O)O. The monoisotopic (exact) mass is 486 g/mol. The molecule has 3 aromatic carbocycles. The molecule has 33 heavy (non-hydrogen) atoms. The molecule has 0 aromatic heterocycles. The lowest BCUT2D eigenvalue weighted by Crippen LogP contribution is -2.64. The molecule has 3 aromatic rings. The zero-order valence-electron chi connectivity index (χ0n) is 17.6. The molecule has 0 unspecified atom stereocenters. The molecule has 1 aliphatic heterocycles. The number of aliphatic carboxylic acids is 1. The van der Waals surface area contributed by atoms with Gasteiger partial charge in [-0.3, -0.25) is 4.79 Å². The van der Waals surface area contributed by atoms with Crippen LogP contribution in [0.1, 0.15) is 11.1 Å². The fraction of sp³-hybridized carbons (Fsp3) is 0.208. The third kappa shape index (κ3) is 4.74. The minimum Gasteiger partial charge on any atom is -0.480 e. The second-order valence-electron chi connectivity index (χ2n) is 7.96. The average Bonchev–Trinajstić information content (AvgIpc) is 2.77. The van der Waals surface area contributed by atoms with Crippen LogP contribution in [0, 0.1) is 0 Å². The van der Waals surface area contributed by atoms with Crippen molar-refractivity contribution in [1.29, 1.82) is 0 Å². The van der Waals surface area contributed by atoms with E-state index in [4.69, 9.17) is 27.2 Å². The first-order valence-electron chi connectivity index (χ1n) is 10.3. The number of nitrogens with zero attached hydrogens (tertiary/aromatic N) is 1. The summed E-state index contributed by atoms with van der Waals surface area (Å²) < 4.78 is 34.3.